The van der Waals surface area contributed by atoms with Crippen LogP contribution in [0.4, 0.5) is 33.6 Å². The lowest BCUT2D eigenvalue weighted by Gasteiger charge is -2.22. The minimum Gasteiger partial charge on any atom is -0.388 e. The number of amides is 2. The second-order valence-electron chi connectivity index (χ2n) is 5.95. The molecule has 0 aliphatic carbocycles. The van der Waals surface area contributed by atoms with E-state index in [0.29, 0.717) is 11.4 Å². The molecule has 1 aliphatic heterocycles. The van der Waals surface area contributed by atoms with Gasteiger partial charge in [-0.15, -0.1) is 0 Å². The molecule has 2 heterocycles. The van der Waals surface area contributed by atoms with Gasteiger partial charge in [0.1, 0.15) is 6.34 Å². The maximum atomic E-state index is 13.1. The van der Waals surface area contributed by atoms with Crippen molar-refractivity contribution >= 4 is 47.2 Å². The van der Waals surface area contributed by atoms with Gasteiger partial charge >= 0.3 is 6.09 Å². The maximum absolute atomic E-state index is 13.1. The Morgan fingerprint density at radius 3 is 2.14 bits per heavy atom. The van der Waals surface area contributed by atoms with Crippen LogP contribution in [-0.2, 0) is 4.79 Å². The van der Waals surface area contributed by atoms with E-state index in [4.69, 9.17) is 4.74 Å². The molecule has 1 radical (unpaired) electrons. The van der Waals surface area contributed by atoms with Crippen molar-refractivity contribution in [1.29, 1.82) is 0 Å². The number of aromatic nitrogens is 2. The number of aliphatic imine (C=N–C) groups is 1. The van der Waals surface area contributed by atoms with Crippen LogP contribution in [0.2, 0.25) is 0 Å². The molecule has 3 aromatic rings. The van der Waals surface area contributed by atoms with Crippen LogP contribution in [0, 0.1) is 0 Å². The molecule has 9 heteroatoms. The van der Waals surface area contributed by atoms with E-state index in [-0.39, 0.29) is 29.2 Å². The van der Waals surface area contributed by atoms with Crippen LogP contribution in [0.1, 0.15) is 6.92 Å². The molecule has 0 saturated heterocycles. The van der Waals surface area contributed by atoms with Gasteiger partial charge in [0, 0.05) is 6.92 Å². The van der Waals surface area contributed by atoms with Crippen LogP contribution >= 0.6 is 0 Å². The fourth-order valence-electron chi connectivity index (χ4n) is 2.69. The first-order chi connectivity index (χ1) is 14.1. The van der Waals surface area contributed by atoms with Crippen LogP contribution < -0.4 is 20.3 Å². The summed E-state index contributed by atoms with van der Waals surface area (Å²) in [7, 11) is 0. The summed E-state index contributed by atoms with van der Waals surface area (Å²) < 4.78 is 5.56. The van der Waals surface area contributed by atoms with Crippen molar-refractivity contribution in [2.75, 3.05) is 10.2 Å². The molecule has 2 aromatic carbocycles. The number of ether oxygens (including phenoxy) is 1. The van der Waals surface area contributed by atoms with E-state index in [9.17, 15) is 9.59 Å². The summed E-state index contributed by atoms with van der Waals surface area (Å²) in [6, 6.07) is 18.1. The molecule has 0 saturated carbocycles. The number of rotatable bonds is 4. The number of hydrogen-bond donors (Lipinski definition) is 1. The highest BCUT2D eigenvalue weighted by molar-refractivity contribution is 5.98. The zero-order valence-electron chi connectivity index (χ0n) is 15.3. The van der Waals surface area contributed by atoms with Crippen LogP contribution in [0.15, 0.2) is 65.7 Å². The summed E-state index contributed by atoms with van der Waals surface area (Å²) >= 11 is 0. The minimum absolute atomic E-state index is 0.0285. The lowest BCUT2D eigenvalue weighted by molar-refractivity contribution is -0.114. The highest BCUT2D eigenvalue weighted by Crippen LogP contribution is 2.37. The lowest BCUT2D eigenvalue weighted by Crippen LogP contribution is -2.29. The number of nitrogens with zero attached hydrogens (tertiary/aromatic N) is 5. The number of benzene rings is 2. The molecule has 1 aliphatic rings. The first-order valence-corrected chi connectivity index (χ1v) is 8.67. The first-order valence-electron chi connectivity index (χ1n) is 8.67. The summed E-state index contributed by atoms with van der Waals surface area (Å²) in [6.07, 6.45) is 0.583. The van der Waals surface area contributed by atoms with Gasteiger partial charge in [-0.1, -0.05) is 36.4 Å². The summed E-state index contributed by atoms with van der Waals surface area (Å²) in [5.41, 5.74) is 1.45. The Bertz CT molecular complexity index is 1050. The van der Waals surface area contributed by atoms with Crippen molar-refractivity contribution < 1.29 is 14.3 Å². The third-order valence-corrected chi connectivity index (χ3v) is 3.88. The molecule has 0 atom stereocenters. The van der Waals surface area contributed by atoms with Gasteiger partial charge in [0.25, 0.3) is 5.88 Å². The van der Waals surface area contributed by atoms with Crippen LogP contribution in [0.5, 0.6) is 5.88 Å². The lowest BCUT2D eigenvalue weighted by atomic mass is 10.2. The highest BCUT2D eigenvalue weighted by atomic mass is 16.6. The molecule has 4 rings (SSSR count). The molecule has 0 unspecified atom stereocenters. The van der Waals surface area contributed by atoms with E-state index in [1.54, 1.807) is 24.3 Å². The van der Waals surface area contributed by atoms with E-state index in [2.05, 4.69) is 25.6 Å². The zero-order chi connectivity index (χ0) is 20.2. The van der Waals surface area contributed by atoms with Crippen molar-refractivity contribution in [3.8, 4) is 5.88 Å². The van der Waals surface area contributed by atoms with Crippen molar-refractivity contribution in [2.45, 2.75) is 6.92 Å². The number of anilines is 3. The third-order valence-electron chi connectivity index (χ3n) is 3.88. The Hall–Kier alpha value is -4.27. The zero-order valence-corrected chi connectivity index (χ0v) is 15.3. The molecule has 143 valence electrons. The molecule has 9 nitrogen and oxygen atoms in total. The third kappa shape index (κ3) is 3.88. The predicted molar refractivity (Wildman–Crippen MR) is 107 cm³/mol. The maximum Gasteiger partial charge on any atom is 0.425 e. The van der Waals surface area contributed by atoms with Crippen LogP contribution in [0.25, 0.3) is 0 Å². The van der Waals surface area contributed by atoms with E-state index < -0.39 is 6.09 Å². The molecule has 0 bridgehead atoms. The topological polar surface area (TPSA) is 111 Å². The number of para-hydroxylation sites is 2. The molecule has 0 fully saturated rings. The summed E-state index contributed by atoms with van der Waals surface area (Å²) in [5.74, 6) is -0.286. The molecule has 1 aromatic heterocycles. The highest BCUT2D eigenvalue weighted by Gasteiger charge is 2.26. The molecular weight excluding hydrogens is 372 g/mol. The fraction of sp³-hybridized carbons (Fsp3) is 0.0500. The Balaban J connectivity index is 1.71. The van der Waals surface area contributed by atoms with Crippen molar-refractivity contribution in [1.82, 2.24) is 15.3 Å². The van der Waals surface area contributed by atoms with Crippen molar-refractivity contribution in [3.05, 3.63) is 60.7 Å². The van der Waals surface area contributed by atoms with Crippen molar-refractivity contribution in [3.63, 3.8) is 0 Å². The number of hydrogen-bond acceptors (Lipinski definition) is 6. The second-order valence-corrected chi connectivity index (χ2v) is 5.95. The van der Waals surface area contributed by atoms with Crippen LogP contribution in [-0.4, -0.2) is 28.3 Å². The largest absolute Gasteiger partial charge is 0.425 e. The monoisotopic (exact) mass is 387 g/mol. The van der Waals surface area contributed by atoms with E-state index in [1.165, 1.54) is 18.2 Å². The Morgan fingerprint density at radius 2 is 1.55 bits per heavy atom. The van der Waals surface area contributed by atoms with Gasteiger partial charge in [0.2, 0.25) is 11.9 Å². The second kappa shape index (κ2) is 7.77. The van der Waals surface area contributed by atoms with Gasteiger partial charge in [-0.05, 0) is 24.3 Å². The standard InChI is InChI=1S/C20H15N6O3/c1-13(27)23-19-24-17-16(21-12-22-17)18(25-19)29-20(28)26(14-8-4-2-5-9-14)15-10-6-3-7-11-15/h2-12H,1H3,(H,23,24,25,27). The van der Waals surface area contributed by atoms with Gasteiger partial charge < -0.3 is 4.74 Å². The first kappa shape index (κ1) is 18.1. The van der Waals surface area contributed by atoms with Gasteiger partial charge in [-0.2, -0.15) is 9.97 Å². The molecule has 1 N–H and O–H groups in total. The smallest absolute Gasteiger partial charge is 0.388 e. The number of fused-ring (bicyclic) bond motifs is 1. The van der Waals surface area contributed by atoms with E-state index in [0.717, 1.165) is 0 Å². The van der Waals surface area contributed by atoms with Gasteiger partial charge in [-0.25, -0.2) is 20.0 Å². The summed E-state index contributed by atoms with van der Waals surface area (Å²) in [4.78, 5) is 38.1. The SMILES string of the molecule is CC(=O)Nc1nc2c(c(OC(=O)N(c3ccccc3)c3ccccc3)n1)N=C[N]2. The summed E-state index contributed by atoms with van der Waals surface area (Å²) in [5, 5.41) is 6.46. The quantitative estimate of drug-likeness (QED) is 0.734. The van der Waals surface area contributed by atoms with Gasteiger partial charge in [-0.3, -0.25) is 10.1 Å². The normalized spacial score (nSPS) is 11.3. The Labute approximate surface area is 166 Å². The molecule has 2 amide bonds. The summed E-state index contributed by atoms with van der Waals surface area (Å²) in [6.45, 7) is 1.32. The number of carbonyl (C=O) groups excluding carboxylic acids is 2. The molecule has 0 spiro atoms. The minimum atomic E-state index is -0.695. The Kier molecular flexibility index (Phi) is 4.85. The predicted octanol–water partition coefficient (Wildman–Crippen LogP) is 3.68. The van der Waals surface area contributed by atoms with Crippen molar-refractivity contribution in [2.24, 2.45) is 4.99 Å². The average molecular weight is 387 g/mol. The van der Waals surface area contributed by atoms with E-state index >= 15 is 0 Å². The van der Waals surface area contributed by atoms with E-state index in [1.807, 2.05) is 36.4 Å². The number of carbonyl (C=O) groups is 2. The van der Waals surface area contributed by atoms with Crippen LogP contribution in [0.3, 0.4) is 0 Å². The van der Waals surface area contributed by atoms with Gasteiger partial charge in [0.15, 0.2) is 11.5 Å². The average Bonchev–Trinajstić information content (AvgIpc) is 3.18. The number of nitrogens with one attached hydrogen (secondary N) is 1. The molecular formula is C20H15N6O3. The fourth-order valence-corrected chi connectivity index (χ4v) is 2.69. The molecule has 29 heavy (non-hydrogen) atoms. The Morgan fingerprint density at radius 1 is 0.931 bits per heavy atom. The van der Waals surface area contributed by atoms with Gasteiger partial charge in [0.05, 0.1) is 11.4 Å².